The van der Waals surface area contributed by atoms with Gasteiger partial charge in [-0.3, -0.25) is 0 Å². The number of nitrogens with one attached hydrogen (secondary N) is 1. The van der Waals surface area contributed by atoms with Crippen molar-refractivity contribution in [3.8, 4) is 0 Å². The van der Waals surface area contributed by atoms with Crippen molar-refractivity contribution in [3.63, 3.8) is 0 Å². The summed E-state index contributed by atoms with van der Waals surface area (Å²) in [6, 6.07) is 10.5. The summed E-state index contributed by atoms with van der Waals surface area (Å²) in [7, 11) is 0. The van der Waals surface area contributed by atoms with Crippen LogP contribution in [0.25, 0.3) is 0 Å². The Morgan fingerprint density at radius 3 is 2.39 bits per heavy atom. The summed E-state index contributed by atoms with van der Waals surface area (Å²) in [4.78, 5) is 13.3. The van der Waals surface area contributed by atoms with Gasteiger partial charge in [0.05, 0.1) is 12.3 Å². The van der Waals surface area contributed by atoms with E-state index < -0.39 is 0 Å². The summed E-state index contributed by atoms with van der Waals surface area (Å²) >= 11 is 0. The first kappa shape index (κ1) is 19.5. The quantitative estimate of drug-likeness (QED) is 0.729. The third-order valence-corrected chi connectivity index (χ3v) is 8.45. The van der Waals surface area contributed by atoms with Gasteiger partial charge in [0, 0.05) is 16.9 Å². The van der Waals surface area contributed by atoms with E-state index in [2.05, 4.69) is 64.2 Å². The lowest BCUT2D eigenvalue weighted by molar-refractivity contribution is 0.148. The van der Waals surface area contributed by atoms with Crippen LogP contribution in [-0.4, -0.2) is 28.8 Å². The van der Waals surface area contributed by atoms with Gasteiger partial charge >= 0.3 is 6.03 Å². The molecule has 2 unspecified atom stereocenters. The highest BCUT2D eigenvalue weighted by Gasteiger charge is 2.60. The van der Waals surface area contributed by atoms with E-state index in [0.29, 0.717) is 12.5 Å². The summed E-state index contributed by atoms with van der Waals surface area (Å²) in [5.41, 5.74) is 2.46. The van der Waals surface area contributed by atoms with Crippen molar-refractivity contribution in [1.29, 1.82) is 0 Å². The molecular weight excluding hydrogens is 346 g/mol. The molecule has 2 fully saturated rings. The Hall–Kier alpha value is -1.84. The minimum Gasteiger partial charge on any atom is -0.331 e. The molecule has 2 bridgehead atoms. The molecule has 1 heterocycles. The average molecular weight is 382 g/mol. The number of rotatable bonds is 4. The van der Waals surface area contributed by atoms with Crippen LogP contribution in [0.5, 0.6) is 0 Å². The number of hydrogen-bond acceptors (Lipinski definition) is 2. The molecule has 4 heteroatoms. The van der Waals surface area contributed by atoms with Crippen LogP contribution in [0.3, 0.4) is 0 Å². The molecule has 2 atom stereocenters. The van der Waals surface area contributed by atoms with Crippen LogP contribution >= 0.6 is 0 Å². The smallest absolute Gasteiger partial charge is 0.331 e. The standard InChI is InChI=1S/C24H35N3O/c1-6-22(2,3)20-19(17-10-8-7-9-11-17)16-27(26-20)21(28)25-24(5)18-12-14-23(24,4)15-13-18/h7-11,18-19H,6,12-16H2,1-5H3,(H,25,28). The summed E-state index contributed by atoms with van der Waals surface area (Å²) in [6.45, 7) is 11.9. The van der Waals surface area contributed by atoms with E-state index in [1.165, 1.54) is 31.2 Å². The molecule has 0 radical (unpaired) electrons. The zero-order chi connectivity index (χ0) is 20.2. The zero-order valence-corrected chi connectivity index (χ0v) is 18.1. The Kier molecular flexibility index (Phi) is 4.59. The van der Waals surface area contributed by atoms with E-state index in [9.17, 15) is 4.79 Å². The molecule has 4 rings (SSSR count). The van der Waals surface area contributed by atoms with Crippen molar-refractivity contribution in [2.45, 2.75) is 78.2 Å². The molecule has 1 aliphatic heterocycles. The molecule has 1 aromatic carbocycles. The first-order chi connectivity index (χ1) is 13.2. The maximum Gasteiger partial charge on any atom is 0.338 e. The van der Waals surface area contributed by atoms with Crippen molar-refractivity contribution in [1.82, 2.24) is 10.3 Å². The molecule has 2 saturated carbocycles. The molecule has 4 nitrogen and oxygen atoms in total. The lowest BCUT2D eigenvalue weighted by Gasteiger charge is -2.39. The monoisotopic (exact) mass is 381 g/mol. The molecule has 0 aromatic heterocycles. The van der Waals surface area contributed by atoms with Gasteiger partial charge in [0.25, 0.3) is 0 Å². The van der Waals surface area contributed by atoms with E-state index in [1.807, 2.05) is 6.07 Å². The van der Waals surface area contributed by atoms with Gasteiger partial charge in [0.2, 0.25) is 0 Å². The Balaban J connectivity index is 1.59. The number of nitrogens with zero attached hydrogens (tertiary/aromatic N) is 2. The van der Waals surface area contributed by atoms with E-state index in [1.54, 1.807) is 5.01 Å². The fourth-order valence-electron chi connectivity index (χ4n) is 5.75. The highest BCUT2D eigenvalue weighted by molar-refractivity contribution is 5.98. The minimum atomic E-state index is -0.106. The van der Waals surface area contributed by atoms with Gasteiger partial charge in [0.1, 0.15) is 0 Å². The molecule has 3 aliphatic rings. The summed E-state index contributed by atoms with van der Waals surface area (Å²) < 4.78 is 0. The van der Waals surface area contributed by atoms with Gasteiger partial charge in [-0.15, -0.1) is 0 Å². The van der Waals surface area contributed by atoms with Crippen molar-refractivity contribution in [3.05, 3.63) is 35.9 Å². The molecular formula is C24H35N3O. The van der Waals surface area contributed by atoms with Crippen LogP contribution in [0.4, 0.5) is 4.79 Å². The topological polar surface area (TPSA) is 44.7 Å². The highest BCUT2D eigenvalue weighted by atomic mass is 16.2. The first-order valence-electron chi connectivity index (χ1n) is 10.9. The predicted octanol–water partition coefficient (Wildman–Crippen LogP) is 5.56. The number of fused-ring (bicyclic) bond motifs is 2. The molecule has 152 valence electrons. The van der Waals surface area contributed by atoms with Gasteiger partial charge in [-0.1, -0.05) is 58.0 Å². The molecule has 0 saturated heterocycles. The Bertz CT molecular complexity index is 776. The summed E-state index contributed by atoms with van der Waals surface area (Å²) in [5.74, 6) is 0.773. The number of urea groups is 1. The van der Waals surface area contributed by atoms with Crippen LogP contribution in [0.1, 0.15) is 78.2 Å². The van der Waals surface area contributed by atoms with Gasteiger partial charge < -0.3 is 5.32 Å². The molecule has 0 spiro atoms. The Morgan fingerprint density at radius 1 is 1.21 bits per heavy atom. The predicted molar refractivity (Wildman–Crippen MR) is 114 cm³/mol. The third-order valence-electron chi connectivity index (χ3n) is 8.45. The summed E-state index contributed by atoms with van der Waals surface area (Å²) in [5, 5.41) is 10.0. The maximum atomic E-state index is 13.3. The third kappa shape index (κ3) is 2.87. The van der Waals surface area contributed by atoms with Crippen LogP contribution in [0.2, 0.25) is 0 Å². The van der Waals surface area contributed by atoms with E-state index in [0.717, 1.165) is 12.1 Å². The lowest BCUT2D eigenvalue weighted by atomic mass is 9.76. The van der Waals surface area contributed by atoms with Gasteiger partial charge in [-0.05, 0) is 55.9 Å². The van der Waals surface area contributed by atoms with Gasteiger partial charge in [-0.25, -0.2) is 9.80 Å². The molecule has 2 aliphatic carbocycles. The van der Waals surface area contributed by atoms with Crippen LogP contribution in [0, 0.1) is 16.7 Å². The number of amides is 2. The number of hydrazone groups is 1. The zero-order valence-electron chi connectivity index (χ0n) is 18.1. The fraction of sp³-hybridized carbons (Fsp3) is 0.667. The fourth-order valence-corrected chi connectivity index (χ4v) is 5.75. The van der Waals surface area contributed by atoms with Crippen LogP contribution in [0.15, 0.2) is 35.4 Å². The molecule has 1 N–H and O–H groups in total. The number of benzene rings is 1. The second-order valence-corrected chi connectivity index (χ2v) is 10.2. The maximum absolute atomic E-state index is 13.3. The summed E-state index contributed by atoms with van der Waals surface area (Å²) in [6.07, 6.45) is 5.91. The van der Waals surface area contributed by atoms with Crippen LogP contribution < -0.4 is 5.32 Å². The first-order valence-corrected chi connectivity index (χ1v) is 10.9. The van der Waals surface area contributed by atoms with E-state index >= 15 is 0 Å². The Morgan fingerprint density at radius 2 is 1.86 bits per heavy atom. The van der Waals surface area contributed by atoms with E-state index in [-0.39, 0.29) is 28.3 Å². The number of carbonyl (C=O) groups excluding carboxylic acids is 1. The molecule has 28 heavy (non-hydrogen) atoms. The lowest BCUT2D eigenvalue weighted by Crippen LogP contribution is -2.56. The molecule has 2 amide bonds. The molecule has 1 aromatic rings. The highest BCUT2D eigenvalue weighted by Crippen LogP contribution is 2.60. The second-order valence-electron chi connectivity index (χ2n) is 10.2. The van der Waals surface area contributed by atoms with Crippen molar-refractivity contribution < 1.29 is 4.79 Å². The normalized spacial score (nSPS) is 34.6. The van der Waals surface area contributed by atoms with Crippen molar-refractivity contribution in [2.24, 2.45) is 21.8 Å². The van der Waals surface area contributed by atoms with Crippen molar-refractivity contribution in [2.75, 3.05) is 6.54 Å². The number of hydrogen-bond donors (Lipinski definition) is 1. The minimum absolute atomic E-state index is 0.0228. The Labute approximate surface area is 169 Å². The van der Waals surface area contributed by atoms with Crippen molar-refractivity contribution >= 4 is 11.7 Å². The van der Waals surface area contributed by atoms with Gasteiger partial charge in [0.15, 0.2) is 0 Å². The second kappa shape index (κ2) is 6.60. The number of carbonyl (C=O) groups is 1. The average Bonchev–Trinajstić information content (AvgIpc) is 3.31. The van der Waals surface area contributed by atoms with E-state index in [4.69, 9.17) is 5.10 Å². The largest absolute Gasteiger partial charge is 0.338 e. The van der Waals surface area contributed by atoms with Crippen LogP contribution in [-0.2, 0) is 0 Å². The van der Waals surface area contributed by atoms with Gasteiger partial charge in [-0.2, -0.15) is 5.10 Å². The SMILES string of the molecule is CCC(C)(C)C1=NN(C(=O)NC2(C)C3CCC2(C)CC3)CC1c1ccccc1.